The van der Waals surface area contributed by atoms with Crippen molar-refractivity contribution in [3.63, 3.8) is 0 Å². The summed E-state index contributed by atoms with van der Waals surface area (Å²) in [6, 6.07) is 12.7. The van der Waals surface area contributed by atoms with Crippen molar-refractivity contribution in [1.82, 2.24) is 0 Å². The summed E-state index contributed by atoms with van der Waals surface area (Å²) in [5.74, 6) is 6.67. The first kappa shape index (κ1) is 15.0. The van der Waals surface area contributed by atoms with Crippen LogP contribution in [0.5, 0.6) is 11.5 Å². The van der Waals surface area contributed by atoms with Crippen LogP contribution in [0.1, 0.15) is 15.9 Å². The standard InChI is InChI=1S/C17H13ClO3/c1-20-16-11-14(12-19)10-15(18)17(16)21-9-5-8-13-6-3-2-4-7-13/h2-4,6-7,10-12H,9H2,1H3. The zero-order chi connectivity index (χ0) is 15.1. The summed E-state index contributed by atoms with van der Waals surface area (Å²) in [6.45, 7) is 0.172. The minimum absolute atomic E-state index is 0.172. The topological polar surface area (TPSA) is 35.5 Å². The van der Waals surface area contributed by atoms with Gasteiger partial charge in [0.2, 0.25) is 0 Å². The lowest BCUT2D eigenvalue weighted by atomic mass is 10.2. The molecule has 0 radical (unpaired) electrons. The van der Waals surface area contributed by atoms with Gasteiger partial charge in [-0.15, -0.1) is 0 Å². The van der Waals surface area contributed by atoms with E-state index in [-0.39, 0.29) is 6.61 Å². The molecule has 0 bridgehead atoms. The van der Waals surface area contributed by atoms with E-state index in [0.717, 1.165) is 5.56 Å². The number of hydrogen-bond acceptors (Lipinski definition) is 3. The molecule has 0 aromatic heterocycles. The molecule has 2 aromatic rings. The molecule has 0 aliphatic rings. The molecule has 0 atom stereocenters. The monoisotopic (exact) mass is 300 g/mol. The van der Waals surface area contributed by atoms with Crippen LogP contribution in [0.25, 0.3) is 0 Å². The quantitative estimate of drug-likeness (QED) is 0.639. The molecule has 3 nitrogen and oxygen atoms in total. The molecule has 0 amide bonds. The highest BCUT2D eigenvalue weighted by molar-refractivity contribution is 6.32. The molecular formula is C17H13ClO3. The Morgan fingerprint density at radius 1 is 1.24 bits per heavy atom. The zero-order valence-corrected chi connectivity index (χ0v) is 12.2. The second-order valence-electron chi connectivity index (χ2n) is 4.11. The van der Waals surface area contributed by atoms with Crippen molar-refractivity contribution in [2.75, 3.05) is 13.7 Å². The summed E-state index contributed by atoms with van der Waals surface area (Å²) >= 11 is 6.08. The van der Waals surface area contributed by atoms with Gasteiger partial charge in [0.25, 0.3) is 0 Å². The fraction of sp³-hybridized carbons (Fsp3) is 0.118. The third kappa shape index (κ3) is 4.01. The number of hydrogen-bond donors (Lipinski definition) is 0. The number of carbonyl (C=O) groups excluding carboxylic acids is 1. The van der Waals surface area contributed by atoms with E-state index in [1.807, 2.05) is 30.3 Å². The van der Waals surface area contributed by atoms with E-state index in [1.165, 1.54) is 13.2 Å². The summed E-state index contributed by atoms with van der Waals surface area (Å²) in [6.07, 6.45) is 0.702. The minimum atomic E-state index is 0.172. The van der Waals surface area contributed by atoms with Crippen LogP contribution in [0.4, 0.5) is 0 Å². The fourth-order valence-electron chi connectivity index (χ4n) is 1.72. The van der Waals surface area contributed by atoms with Crippen LogP contribution >= 0.6 is 11.6 Å². The van der Waals surface area contributed by atoms with Crippen molar-refractivity contribution >= 4 is 17.9 Å². The van der Waals surface area contributed by atoms with E-state index in [0.29, 0.717) is 28.4 Å². The first-order chi connectivity index (χ1) is 10.2. The van der Waals surface area contributed by atoms with Gasteiger partial charge in [0.15, 0.2) is 11.5 Å². The first-order valence-corrected chi connectivity index (χ1v) is 6.62. The van der Waals surface area contributed by atoms with Crippen molar-refractivity contribution in [3.8, 4) is 23.3 Å². The highest BCUT2D eigenvalue weighted by Crippen LogP contribution is 2.35. The van der Waals surface area contributed by atoms with Gasteiger partial charge in [-0.05, 0) is 24.3 Å². The third-order valence-corrected chi connectivity index (χ3v) is 2.96. The molecule has 2 rings (SSSR count). The van der Waals surface area contributed by atoms with Crippen molar-refractivity contribution in [2.24, 2.45) is 0 Å². The van der Waals surface area contributed by atoms with Gasteiger partial charge in [-0.2, -0.15) is 0 Å². The Kier molecular flexibility index (Phi) is 5.25. The molecule has 0 heterocycles. The number of rotatable bonds is 4. The van der Waals surface area contributed by atoms with Gasteiger partial charge in [-0.3, -0.25) is 4.79 Å². The van der Waals surface area contributed by atoms with Gasteiger partial charge >= 0.3 is 0 Å². The molecule has 0 aliphatic carbocycles. The number of ether oxygens (including phenoxy) is 2. The maximum Gasteiger partial charge on any atom is 0.181 e. The van der Waals surface area contributed by atoms with Crippen molar-refractivity contribution in [1.29, 1.82) is 0 Å². The molecule has 4 heteroatoms. The Balaban J connectivity index is 2.10. The normalized spacial score (nSPS) is 9.43. The molecule has 2 aromatic carbocycles. The van der Waals surface area contributed by atoms with Gasteiger partial charge in [-0.1, -0.05) is 41.6 Å². The molecule has 0 N–H and O–H groups in total. The van der Waals surface area contributed by atoms with Gasteiger partial charge in [0, 0.05) is 11.1 Å². The number of benzene rings is 2. The summed E-state index contributed by atoms with van der Waals surface area (Å²) in [7, 11) is 1.49. The van der Waals surface area contributed by atoms with Crippen molar-refractivity contribution < 1.29 is 14.3 Å². The Labute approximate surface area is 128 Å². The van der Waals surface area contributed by atoms with E-state index >= 15 is 0 Å². The summed E-state index contributed by atoms with van der Waals surface area (Å²) in [4.78, 5) is 10.8. The smallest absolute Gasteiger partial charge is 0.181 e. The Morgan fingerprint density at radius 2 is 2.00 bits per heavy atom. The van der Waals surface area contributed by atoms with Gasteiger partial charge in [0.1, 0.15) is 12.9 Å². The van der Waals surface area contributed by atoms with E-state index in [1.54, 1.807) is 6.07 Å². The molecule has 0 saturated heterocycles. The maximum absolute atomic E-state index is 10.8. The zero-order valence-electron chi connectivity index (χ0n) is 11.4. The number of halogens is 1. The highest BCUT2D eigenvalue weighted by Gasteiger charge is 2.11. The number of aldehydes is 1. The molecular weight excluding hydrogens is 288 g/mol. The first-order valence-electron chi connectivity index (χ1n) is 6.24. The average Bonchev–Trinajstić information content (AvgIpc) is 2.53. The largest absolute Gasteiger partial charge is 0.493 e. The maximum atomic E-state index is 10.8. The van der Waals surface area contributed by atoms with Crippen LogP contribution in [0.3, 0.4) is 0 Å². The molecule has 21 heavy (non-hydrogen) atoms. The summed E-state index contributed by atoms with van der Waals surface area (Å²) in [5.41, 5.74) is 1.34. The Morgan fingerprint density at radius 3 is 2.67 bits per heavy atom. The van der Waals surface area contributed by atoms with Crippen LogP contribution < -0.4 is 9.47 Å². The van der Waals surface area contributed by atoms with Crippen molar-refractivity contribution in [3.05, 3.63) is 58.6 Å². The van der Waals surface area contributed by atoms with Gasteiger partial charge in [0.05, 0.1) is 12.1 Å². The highest BCUT2D eigenvalue weighted by atomic mass is 35.5. The Hall–Kier alpha value is -2.44. The predicted octanol–water partition coefficient (Wildman–Crippen LogP) is 3.59. The van der Waals surface area contributed by atoms with Crippen LogP contribution in [0.2, 0.25) is 5.02 Å². The minimum Gasteiger partial charge on any atom is -0.493 e. The van der Waals surface area contributed by atoms with E-state index in [9.17, 15) is 4.79 Å². The van der Waals surface area contributed by atoms with E-state index in [2.05, 4.69) is 11.8 Å². The molecule has 106 valence electrons. The van der Waals surface area contributed by atoms with Gasteiger partial charge < -0.3 is 9.47 Å². The average molecular weight is 301 g/mol. The molecule has 0 fully saturated rings. The lowest BCUT2D eigenvalue weighted by molar-refractivity contribution is 0.112. The van der Waals surface area contributed by atoms with Crippen LogP contribution in [0, 0.1) is 11.8 Å². The van der Waals surface area contributed by atoms with Crippen LogP contribution in [-0.4, -0.2) is 20.0 Å². The van der Waals surface area contributed by atoms with E-state index < -0.39 is 0 Å². The Bertz CT molecular complexity index is 684. The molecule has 0 aliphatic heterocycles. The van der Waals surface area contributed by atoms with E-state index in [4.69, 9.17) is 21.1 Å². The summed E-state index contributed by atoms with van der Waals surface area (Å²) < 4.78 is 10.7. The molecule has 0 unspecified atom stereocenters. The van der Waals surface area contributed by atoms with Gasteiger partial charge in [-0.25, -0.2) is 0 Å². The predicted molar refractivity (Wildman–Crippen MR) is 82.2 cm³/mol. The third-order valence-electron chi connectivity index (χ3n) is 2.68. The summed E-state index contributed by atoms with van der Waals surface area (Å²) in [5, 5.41) is 0.318. The molecule has 0 saturated carbocycles. The SMILES string of the molecule is COc1cc(C=O)cc(Cl)c1OCC#Cc1ccccc1. The second-order valence-corrected chi connectivity index (χ2v) is 4.52. The molecule has 0 spiro atoms. The van der Waals surface area contributed by atoms with Crippen molar-refractivity contribution in [2.45, 2.75) is 0 Å². The second kappa shape index (κ2) is 7.37. The number of methoxy groups -OCH3 is 1. The van der Waals surface area contributed by atoms with Crippen LogP contribution in [0.15, 0.2) is 42.5 Å². The lowest BCUT2D eigenvalue weighted by Gasteiger charge is -2.10. The fourth-order valence-corrected chi connectivity index (χ4v) is 1.99. The lowest BCUT2D eigenvalue weighted by Crippen LogP contribution is -1.99. The number of carbonyl (C=O) groups is 1. The van der Waals surface area contributed by atoms with Crippen LogP contribution in [-0.2, 0) is 0 Å².